The van der Waals surface area contributed by atoms with Crippen molar-refractivity contribution >= 4 is 17.6 Å². The van der Waals surface area contributed by atoms with E-state index in [4.69, 9.17) is 5.73 Å². The van der Waals surface area contributed by atoms with Crippen molar-refractivity contribution < 1.29 is 18.7 Å². The smallest absolute Gasteiger partial charge is 0.307 e. The molecule has 0 unspecified atom stereocenters. The van der Waals surface area contributed by atoms with Crippen LogP contribution in [0.5, 0.6) is 0 Å². The van der Waals surface area contributed by atoms with Crippen LogP contribution in [-0.2, 0) is 9.53 Å². The number of halogens is 1. The molecule has 0 aliphatic rings. The molecular weight excluding hydrogens is 239 g/mol. The number of nitrogens with zero attached hydrogens (tertiary/aromatic N) is 1. The minimum atomic E-state index is -0.570. The topological polar surface area (TPSA) is 72.6 Å². The SMILES string of the molecule is COC(=O)CCN(C)C(=O)c1cc(N)cc(F)c1. The van der Waals surface area contributed by atoms with Gasteiger partial charge in [0.1, 0.15) is 5.82 Å². The fourth-order valence-corrected chi connectivity index (χ4v) is 1.42. The Balaban J connectivity index is 2.71. The third-order valence-electron chi connectivity index (χ3n) is 2.39. The van der Waals surface area contributed by atoms with E-state index in [-0.39, 0.29) is 24.2 Å². The maximum Gasteiger partial charge on any atom is 0.307 e. The molecule has 0 bridgehead atoms. The van der Waals surface area contributed by atoms with Gasteiger partial charge in [-0.15, -0.1) is 0 Å². The molecule has 1 amide bonds. The van der Waals surface area contributed by atoms with Crippen molar-refractivity contribution in [1.29, 1.82) is 0 Å². The predicted molar refractivity (Wildman–Crippen MR) is 64.4 cm³/mol. The highest BCUT2D eigenvalue weighted by Crippen LogP contribution is 2.12. The Bertz CT molecular complexity index is 442. The molecule has 98 valence electrons. The van der Waals surface area contributed by atoms with E-state index in [1.165, 1.54) is 25.1 Å². The van der Waals surface area contributed by atoms with Crippen molar-refractivity contribution in [1.82, 2.24) is 4.90 Å². The molecular formula is C12H15FN2O3. The van der Waals surface area contributed by atoms with Crippen LogP contribution in [0.15, 0.2) is 18.2 Å². The Kier molecular flexibility index (Phi) is 4.65. The van der Waals surface area contributed by atoms with E-state index in [0.29, 0.717) is 0 Å². The van der Waals surface area contributed by atoms with E-state index in [0.717, 1.165) is 12.1 Å². The molecule has 0 aliphatic heterocycles. The van der Waals surface area contributed by atoms with E-state index in [1.54, 1.807) is 0 Å². The first-order valence-electron chi connectivity index (χ1n) is 5.32. The molecule has 0 aliphatic carbocycles. The van der Waals surface area contributed by atoms with Crippen LogP contribution in [0.2, 0.25) is 0 Å². The van der Waals surface area contributed by atoms with Crippen LogP contribution in [0.4, 0.5) is 10.1 Å². The Morgan fingerprint density at radius 1 is 1.39 bits per heavy atom. The molecule has 0 atom stereocenters. The van der Waals surface area contributed by atoms with Crippen molar-refractivity contribution in [2.75, 3.05) is 26.4 Å². The van der Waals surface area contributed by atoms with Crippen LogP contribution in [0.25, 0.3) is 0 Å². The lowest BCUT2D eigenvalue weighted by molar-refractivity contribution is -0.140. The number of nitrogens with two attached hydrogens (primary N) is 1. The molecule has 18 heavy (non-hydrogen) atoms. The van der Waals surface area contributed by atoms with Crippen LogP contribution in [0.3, 0.4) is 0 Å². The van der Waals surface area contributed by atoms with Crippen LogP contribution >= 0.6 is 0 Å². The number of rotatable bonds is 4. The molecule has 0 heterocycles. The van der Waals surface area contributed by atoms with Gasteiger partial charge in [0.15, 0.2) is 0 Å². The summed E-state index contributed by atoms with van der Waals surface area (Å²) < 4.78 is 17.6. The molecule has 0 aromatic heterocycles. The van der Waals surface area contributed by atoms with Crippen molar-refractivity contribution in [2.24, 2.45) is 0 Å². The number of ether oxygens (including phenoxy) is 1. The molecule has 0 radical (unpaired) electrons. The number of methoxy groups -OCH3 is 1. The average molecular weight is 254 g/mol. The fourth-order valence-electron chi connectivity index (χ4n) is 1.42. The summed E-state index contributed by atoms with van der Waals surface area (Å²) in [6.07, 6.45) is 0.0868. The highest BCUT2D eigenvalue weighted by atomic mass is 19.1. The third-order valence-corrected chi connectivity index (χ3v) is 2.39. The standard InChI is InChI=1S/C12H15FN2O3/c1-15(4-3-11(16)18-2)12(17)8-5-9(13)7-10(14)6-8/h5-7H,3-4,14H2,1-2H3. The van der Waals surface area contributed by atoms with Gasteiger partial charge in [-0.2, -0.15) is 0 Å². The maximum atomic E-state index is 13.1. The quantitative estimate of drug-likeness (QED) is 0.643. The van der Waals surface area contributed by atoms with Gasteiger partial charge in [0.2, 0.25) is 0 Å². The number of hydrogen-bond acceptors (Lipinski definition) is 4. The Morgan fingerprint density at radius 3 is 2.61 bits per heavy atom. The number of amides is 1. The molecule has 0 fully saturated rings. The van der Waals surface area contributed by atoms with Crippen LogP contribution in [0, 0.1) is 5.82 Å². The van der Waals surface area contributed by atoms with E-state index < -0.39 is 17.7 Å². The summed E-state index contributed by atoms with van der Waals surface area (Å²) in [5.74, 6) is -1.38. The molecule has 0 saturated heterocycles. The first-order valence-corrected chi connectivity index (χ1v) is 5.32. The Morgan fingerprint density at radius 2 is 2.06 bits per heavy atom. The summed E-state index contributed by atoms with van der Waals surface area (Å²) in [5, 5.41) is 0. The number of hydrogen-bond donors (Lipinski definition) is 1. The summed E-state index contributed by atoms with van der Waals surface area (Å²) in [6, 6.07) is 3.62. The molecule has 2 N–H and O–H groups in total. The van der Waals surface area contributed by atoms with Gasteiger partial charge < -0.3 is 15.4 Å². The van der Waals surface area contributed by atoms with Gasteiger partial charge in [0.05, 0.1) is 13.5 Å². The second-order valence-corrected chi connectivity index (χ2v) is 3.83. The largest absolute Gasteiger partial charge is 0.469 e. The van der Waals surface area contributed by atoms with Crippen molar-refractivity contribution in [2.45, 2.75) is 6.42 Å². The van der Waals surface area contributed by atoms with Gasteiger partial charge in [0.25, 0.3) is 5.91 Å². The zero-order chi connectivity index (χ0) is 13.7. The van der Waals surface area contributed by atoms with Gasteiger partial charge in [-0.3, -0.25) is 9.59 Å². The van der Waals surface area contributed by atoms with Gasteiger partial charge in [-0.25, -0.2) is 4.39 Å². The van der Waals surface area contributed by atoms with Gasteiger partial charge >= 0.3 is 5.97 Å². The molecule has 1 rings (SSSR count). The lowest BCUT2D eigenvalue weighted by Crippen LogP contribution is -2.29. The number of anilines is 1. The summed E-state index contributed by atoms with van der Waals surface area (Å²) in [7, 11) is 2.80. The molecule has 0 spiro atoms. The van der Waals surface area contributed by atoms with Gasteiger partial charge in [-0.1, -0.05) is 0 Å². The van der Waals surface area contributed by atoms with E-state index >= 15 is 0 Å². The minimum absolute atomic E-state index is 0.0868. The molecule has 5 nitrogen and oxygen atoms in total. The number of esters is 1. The van der Waals surface area contributed by atoms with Gasteiger partial charge in [0, 0.05) is 24.8 Å². The van der Waals surface area contributed by atoms with E-state index in [9.17, 15) is 14.0 Å². The first-order chi connectivity index (χ1) is 8.43. The van der Waals surface area contributed by atoms with Crippen molar-refractivity contribution in [3.8, 4) is 0 Å². The van der Waals surface area contributed by atoms with Crippen LogP contribution in [-0.4, -0.2) is 37.5 Å². The lowest BCUT2D eigenvalue weighted by atomic mass is 10.1. The molecule has 1 aromatic carbocycles. The first kappa shape index (κ1) is 14.0. The van der Waals surface area contributed by atoms with Crippen molar-refractivity contribution in [3.05, 3.63) is 29.6 Å². The van der Waals surface area contributed by atoms with Crippen LogP contribution < -0.4 is 5.73 Å². The Labute approximate surface area is 104 Å². The summed E-state index contributed by atoms with van der Waals surface area (Å²) in [5.41, 5.74) is 5.79. The zero-order valence-corrected chi connectivity index (χ0v) is 10.3. The molecule has 0 saturated carbocycles. The van der Waals surface area contributed by atoms with Crippen molar-refractivity contribution in [3.63, 3.8) is 0 Å². The summed E-state index contributed by atoms with van der Waals surface area (Å²) in [6.45, 7) is 0.196. The highest BCUT2D eigenvalue weighted by Gasteiger charge is 2.14. The maximum absolute atomic E-state index is 13.1. The fraction of sp³-hybridized carbons (Fsp3) is 0.333. The molecule has 1 aromatic rings. The predicted octanol–water partition coefficient (Wildman–Crippen LogP) is 1.04. The number of carbonyl (C=O) groups is 2. The van der Waals surface area contributed by atoms with Gasteiger partial charge in [-0.05, 0) is 18.2 Å². The summed E-state index contributed by atoms with van der Waals surface area (Å²) in [4.78, 5) is 24.2. The zero-order valence-electron chi connectivity index (χ0n) is 10.3. The number of carbonyl (C=O) groups excluding carboxylic acids is 2. The molecule has 6 heteroatoms. The Hall–Kier alpha value is -2.11. The van der Waals surface area contributed by atoms with E-state index in [1.807, 2.05) is 0 Å². The summed E-state index contributed by atoms with van der Waals surface area (Å²) >= 11 is 0. The van der Waals surface area contributed by atoms with Crippen LogP contribution in [0.1, 0.15) is 16.8 Å². The monoisotopic (exact) mass is 254 g/mol. The normalized spacial score (nSPS) is 9.94. The lowest BCUT2D eigenvalue weighted by Gasteiger charge is -2.16. The second kappa shape index (κ2) is 6.00. The highest BCUT2D eigenvalue weighted by molar-refractivity contribution is 5.95. The van der Waals surface area contributed by atoms with E-state index in [2.05, 4.69) is 4.74 Å². The third kappa shape index (κ3) is 3.73. The number of benzene rings is 1. The number of nitrogen functional groups attached to an aromatic ring is 1. The second-order valence-electron chi connectivity index (χ2n) is 3.83. The minimum Gasteiger partial charge on any atom is -0.469 e. The average Bonchev–Trinajstić information content (AvgIpc) is 2.33.